The van der Waals surface area contributed by atoms with E-state index in [1.165, 1.54) is 11.0 Å². The van der Waals surface area contributed by atoms with E-state index in [0.717, 1.165) is 59.3 Å². The Hall–Kier alpha value is -4.83. The van der Waals surface area contributed by atoms with Gasteiger partial charge in [-0.05, 0) is 131 Å². The van der Waals surface area contributed by atoms with E-state index in [0.29, 0.717) is 49.6 Å². The molecule has 11 heteroatoms. The summed E-state index contributed by atoms with van der Waals surface area (Å²) in [6.45, 7) is 11.8. The number of ether oxygens (including phenoxy) is 2. The number of hydrogen-bond donors (Lipinski definition) is 2. The van der Waals surface area contributed by atoms with Crippen molar-refractivity contribution in [1.29, 1.82) is 0 Å². The first-order valence-electron chi connectivity index (χ1n) is 17.7. The van der Waals surface area contributed by atoms with Gasteiger partial charge in [0, 0.05) is 43.5 Å². The number of rotatable bonds is 13. The number of carbonyl (C=O) groups excluding carboxylic acids is 1. The van der Waals surface area contributed by atoms with Gasteiger partial charge in [0.1, 0.15) is 11.5 Å². The third-order valence-electron chi connectivity index (χ3n) is 9.50. The fourth-order valence-electron chi connectivity index (χ4n) is 6.61. The molecule has 0 aliphatic heterocycles. The summed E-state index contributed by atoms with van der Waals surface area (Å²) >= 11 is 12.1. The lowest BCUT2D eigenvalue weighted by molar-refractivity contribution is -0.136. The monoisotopic (exact) mass is 756 g/mol. The summed E-state index contributed by atoms with van der Waals surface area (Å²) in [5, 5.41) is 17.1. The third-order valence-corrected chi connectivity index (χ3v) is 9.99. The fraction of sp³-hybridized carbons (Fsp3) is 0.310. The van der Waals surface area contributed by atoms with E-state index in [9.17, 15) is 14.7 Å². The summed E-state index contributed by atoms with van der Waals surface area (Å²) in [6, 6.07) is 24.1. The highest BCUT2D eigenvalue weighted by molar-refractivity contribution is 6.31. The molecule has 9 nitrogen and oxygen atoms in total. The number of fused-ring (bicyclic) bond motifs is 3. The van der Waals surface area contributed by atoms with Gasteiger partial charge in [0.05, 0.1) is 42.9 Å². The van der Waals surface area contributed by atoms with Crippen molar-refractivity contribution in [2.45, 2.75) is 53.0 Å². The number of nitrogens with zero attached hydrogens (tertiary/aromatic N) is 3. The molecule has 0 radical (unpaired) electrons. The molecule has 2 aromatic heterocycles. The molecule has 0 spiro atoms. The zero-order valence-electron chi connectivity index (χ0n) is 31.0. The summed E-state index contributed by atoms with van der Waals surface area (Å²) in [6.07, 6.45) is 2.11. The number of carboxylic acids is 1. The number of benzene rings is 4. The maximum Gasteiger partial charge on any atom is 0.307 e. The summed E-state index contributed by atoms with van der Waals surface area (Å²) in [5.41, 5.74) is 5.27. The number of aromatic nitrogens is 2. The van der Waals surface area contributed by atoms with Gasteiger partial charge in [-0.1, -0.05) is 37.0 Å². The number of pyridine rings is 1. The number of nitrogens with one attached hydrogen (secondary N) is 1. The Morgan fingerprint density at radius 3 is 2.13 bits per heavy atom. The molecule has 2 N–H and O–H groups in total. The first-order valence-corrected chi connectivity index (χ1v) is 18.5. The molecular weight excluding hydrogens is 711 g/mol. The Morgan fingerprint density at radius 2 is 1.49 bits per heavy atom. The Labute approximate surface area is 320 Å². The molecule has 6 aromatic rings. The predicted molar refractivity (Wildman–Crippen MR) is 217 cm³/mol. The second-order valence-electron chi connectivity index (χ2n) is 12.9. The Morgan fingerprint density at radius 1 is 0.849 bits per heavy atom. The van der Waals surface area contributed by atoms with Crippen LogP contribution < -0.4 is 14.8 Å². The van der Waals surface area contributed by atoms with Crippen LogP contribution in [0.1, 0.15) is 55.2 Å². The van der Waals surface area contributed by atoms with Gasteiger partial charge in [0.15, 0.2) is 0 Å². The number of aliphatic carboxylic acids is 1. The van der Waals surface area contributed by atoms with Crippen LogP contribution >= 0.6 is 23.2 Å². The molecule has 6 rings (SSSR count). The van der Waals surface area contributed by atoms with E-state index in [1.807, 2.05) is 24.3 Å². The van der Waals surface area contributed by atoms with E-state index < -0.39 is 5.97 Å². The minimum absolute atomic E-state index is 0.170. The standard InChI is InChI=1S/C23H30ClN3O.C19H16ClNO4/c1-5-27(6-2)13-7-8-16(3)25-23-19-11-9-17(24)14-22(19)26-21-12-10-18(28-4)15-20(21)23;1-11-15(10-18(22)23)16-9-14(25-2)7-8-17(16)21(11)19(24)12-3-5-13(20)6-4-12/h9-12,14-16H,5-8,13H2,1-4H3,(H,25,26);3-9H,10H2,1-2H3,(H,22,23). The van der Waals surface area contributed by atoms with Crippen molar-refractivity contribution < 1.29 is 24.2 Å². The summed E-state index contributed by atoms with van der Waals surface area (Å²) in [7, 11) is 3.24. The molecule has 1 atom stereocenters. The van der Waals surface area contributed by atoms with Crippen molar-refractivity contribution in [2.75, 3.05) is 39.2 Å². The van der Waals surface area contributed by atoms with Gasteiger partial charge in [-0.3, -0.25) is 14.2 Å². The fourth-order valence-corrected chi connectivity index (χ4v) is 6.90. The highest BCUT2D eigenvalue weighted by Gasteiger charge is 2.22. The number of methoxy groups -OCH3 is 2. The Bertz CT molecular complexity index is 2230. The van der Waals surface area contributed by atoms with Crippen LogP contribution in [0.3, 0.4) is 0 Å². The lowest BCUT2D eigenvalue weighted by atomic mass is 10.1. The van der Waals surface area contributed by atoms with Gasteiger partial charge in [-0.2, -0.15) is 0 Å². The first-order chi connectivity index (χ1) is 25.5. The van der Waals surface area contributed by atoms with Gasteiger partial charge in [-0.15, -0.1) is 0 Å². The Balaban J connectivity index is 0.000000206. The van der Waals surface area contributed by atoms with Crippen molar-refractivity contribution in [2.24, 2.45) is 0 Å². The van der Waals surface area contributed by atoms with Crippen LogP contribution in [0, 0.1) is 6.92 Å². The van der Waals surface area contributed by atoms with E-state index in [4.69, 9.17) is 37.7 Å². The lowest BCUT2D eigenvalue weighted by Gasteiger charge is -2.22. The number of hydrogen-bond acceptors (Lipinski definition) is 7. The van der Waals surface area contributed by atoms with E-state index in [1.54, 1.807) is 63.6 Å². The molecule has 0 bridgehead atoms. The molecule has 0 aliphatic rings. The maximum absolute atomic E-state index is 13.0. The van der Waals surface area contributed by atoms with Gasteiger partial charge < -0.3 is 24.8 Å². The minimum atomic E-state index is -0.955. The number of carbonyl (C=O) groups is 2. The van der Waals surface area contributed by atoms with Gasteiger partial charge >= 0.3 is 5.97 Å². The van der Waals surface area contributed by atoms with Crippen LogP contribution in [0.4, 0.5) is 5.69 Å². The van der Waals surface area contributed by atoms with Gasteiger partial charge in [0.25, 0.3) is 5.91 Å². The minimum Gasteiger partial charge on any atom is -0.497 e. The highest BCUT2D eigenvalue weighted by atomic mass is 35.5. The molecule has 278 valence electrons. The van der Waals surface area contributed by atoms with Gasteiger partial charge in [-0.25, -0.2) is 4.98 Å². The first kappa shape index (κ1) is 39.4. The molecular formula is C42H46Cl2N4O5. The van der Waals surface area contributed by atoms with Crippen LogP contribution in [0.25, 0.3) is 32.7 Å². The average Bonchev–Trinajstić information content (AvgIpc) is 3.42. The maximum atomic E-state index is 13.0. The van der Waals surface area contributed by atoms with Crippen LogP contribution in [0.2, 0.25) is 10.0 Å². The SMILES string of the molecule is CCN(CC)CCCC(C)Nc1c2ccc(Cl)cc2nc2ccc(OC)cc12.COc1ccc2c(c1)c(CC(=O)O)c(C)n2C(=O)c1ccc(Cl)cc1. The second kappa shape index (κ2) is 17.8. The van der Waals surface area contributed by atoms with Crippen molar-refractivity contribution in [1.82, 2.24) is 14.5 Å². The van der Waals surface area contributed by atoms with Crippen LogP contribution in [-0.2, 0) is 11.2 Å². The van der Waals surface area contributed by atoms with Gasteiger partial charge in [0.2, 0.25) is 0 Å². The summed E-state index contributed by atoms with van der Waals surface area (Å²) in [5.74, 6) is 0.250. The predicted octanol–water partition coefficient (Wildman–Crippen LogP) is 9.90. The third kappa shape index (κ3) is 9.22. The topological polar surface area (TPSA) is 106 Å². The summed E-state index contributed by atoms with van der Waals surface area (Å²) < 4.78 is 12.2. The summed E-state index contributed by atoms with van der Waals surface area (Å²) in [4.78, 5) is 31.5. The van der Waals surface area contributed by atoms with E-state index in [2.05, 4.69) is 43.1 Å². The van der Waals surface area contributed by atoms with Crippen LogP contribution in [-0.4, -0.2) is 71.3 Å². The number of carboxylic acid groups (broad SMARTS) is 1. The quantitative estimate of drug-likeness (QED) is 0.112. The van der Waals surface area contributed by atoms with Crippen LogP contribution in [0.5, 0.6) is 11.5 Å². The second-order valence-corrected chi connectivity index (χ2v) is 13.8. The molecule has 0 aliphatic carbocycles. The lowest BCUT2D eigenvalue weighted by Crippen LogP contribution is -2.25. The number of anilines is 1. The highest BCUT2D eigenvalue weighted by Crippen LogP contribution is 2.35. The van der Waals surface area contributed by atoms with Crippen LogP contribution in [0.15, 0.2) is 78.9 Å². The molecule has 53 heavy (non-hydrogen) atoms. The molecule has 0 saturated carbocycles. The molecule has 4 aromatic carbocycles. The molecule has 0 amide bonds. The zero-order valence-corrected chi connectivity index (χ0v) is 32.5. The largest absolute Gasteiger partial charge is 0.497 e. The molecule has 0 fully saturated rings. The molecule has 0 saturated heterocycles. The normalized spacial score (nSPS) is 11.8. The van der Waals surface area contributed by atoms with Crippen molar-refractivity contribution >= 4 is 73.5 Å². The Kier molecular flexibility index (Phi) is 13.2. The average molecular weight is 758 g/mol. The molecule has 2 heterocycles. The number of halogens is 2. The van der Waals surface area contributed by atoms with Crippen molar-refractivity contribution in [3.8, 4) is 11.5 Å². The van der Waals surface area contributed by atoms with E-state index >= 15 is 0 Å². The smallest absolute Gasteiger partial charge is 0.307 e. The van der Waals surface area contributed by atoms with E-state index in [-0.39, 0.29) is 12.3 Å². The zero-order chi connectivity index (χ0) is 38.2. The molecule has 1 unspecified atom stereocenters. The van der Waals surface area contributed by atoms with Crippen molar-refractivity contribution in [3.05, 3.63) is 106 Å². The van der Waals surface area contributed by atoms with Crippen molar-refractivity contribution in [3.63, 3.8) is 0 Å².